The Bertz CT molecular complexity index is 463. The second-order valence-electron chi connectivity index (χ2n) is 5.61. The smallest absolute Gasteiger partial charge is 0.308 e. The molecule has 6 heteroatoms. The second-order valence-corrected chi connectivity index (χ2v) is 6.47. The van der Waals surface area contributed by atoms with Crippen molar-refractivity contribution in [1.82, 2.24) is 10.3 Å². The number of aliphatic carboxylic acids is 1. The van der Waals surface area contributed by atoms with Crippen molar-refractivity contribution in [3.63, 3.8) is 0 Å². The van der Waals surface area contributed by atoms with Gasteiger partial charge < -0.3 is 10.4 Å². The van der Waals surface area contributed by atoms with Gasteiger partial charge in [-0.2, -0.15) is 0 Å². The van der Waals surface area contributed by atoms with Gasteiger partial charge in [0.1, 0.15) is 0 Å². The Balaban J connectivity index is 2.49. The molecule has 1 amide bonds. The quantitative estimate of drug-likeness (QED) is 0.864. The van der Waals surface area contributed by atoms with Gasteiger partial charge in [-0.1, -0.05) is 27.7 Å². The van der Waals surface area contributed by atoms with Crippen LogP contribution in [-0.2, 0) is 21.4 Å². The van der Waals surface area contributed by atoms with Crippen LogP contribution in [0.2, 0.25) is 0 Å². The number of carbonyl (C=O) groups excluding carboxylic acids is 1. The number of carbonyl (C=O) groups is 2. The number of thiazole rings is 1. The lowest BCUT2D eigenvalue weighted by molar-refractivity contribution is -0.141. The maximum absolute atomic E-state index is 11.7. The molecule has 19 heavy (non-hydrogen) atoms. The van der Waals surface area contributed by atoms with Crippen molar-refractivity contribution in [3.05, 3.63) is 16.1 Å². The maximum atomic E-state index is 11.7. The van der Waals surface area contributed by atoms with Gasteiger partial charge in [0.05, 0.1) is 23.0 Å². The molecule has 0 aliphatic rings. The minimum absolute atomic E-state index is 0.0167. The molecule has 0 bridgehead atoms. The van der Waals surface area contributed by atoms with Crippen LogP contribution in [0.15, 0.2) is 5.38 Å². The predicted octanol–water partition coefficient (Wildman–Crippen LogP) is 1.82. The molecule has 1 rings (SSSR count). The third kappa shape index (κ3) is 4.98. The Morgan fingerprint density at radius 3 is 2.58 bits per heavy atom. The molecule has 0 aliphatic carbocycles. The van der Waals surface area contributed by atoms with Gasteiger partial charge in [0, 0.05) is 17.3 Å². The summed E-state index contributed by atoms with van der Waals surface area (Å²) in [7, 11) is 0. The number of aromatic nitrogens is 1. The molecule has 0 radical (unpaired) electrons. The molecule has 2 N–H and O–H groups in total. The highest BCUT2D eigenvalue weighted by atomic mass is 32.1. The molecule has 0 aromatic carbocycles. The van der Waals surface area contributed by atoms with Crippen molar-refractivity contribution >= 4 is 23.2 Å². The van der Waals surface area contributed by atoms with Gasteiger partial charge in [0.25, 0.3) is 0 Å². The van der Waals surface area contributed by atoms with Gasteiger partial charge >= 0.3 is 5.97 Å². The molecule has 0 saturated carbocycles. The number of hydrogen-bond acceptors (Lipinski definition) is 4. The Hall–Kier alpha value is -1.43. The first-order valence-electron chi connectivity index (χ1n) is 6.14. The van der Waals surface area contributed by atoms with E-state index in [1.165, 1.54) is 0 Å². The van der Waals surface area contributed by atoms with E-state index in [0.29, 0.717) is 0 Å². The molecule has 0 spiro atoms. The topological polar surface area (TPSA) is 79.3 Å². The number of rotatable bonds is 5. The van der Waals surface area contributed by atoms with Crippen molar-refractivity contribution in [1.29, 1.82) is 0 Å². The van der Waals surface area contributed by atoms with E-state index < -0.39 is 11.9 Å². The van der Waals surface area contributed by atoms with Crippen molar-refractivity contribution in [2.24, 2.45) is 5.92 Å². The average Bonchev–Trinajstić information content (AvgIpc) is 2.73. The highest BCUT2D eigenvalue weighted by Crippen LogP contribution is 2.25. The summed E-state index contributed by atoms with van der Waals surface area (Å²) in [5.41, 5.74) is 0.715. The van der Waals surface area contributed by atoms with E-state index in [1.807, 2.05) is 5.38 Å². The molecule has 0 saturated heterocycles. The monoisotopic (exact) mass is 284 g/mol. The number of carboxylic acid groups (broad SMARTS) is 1. The lowest BCUT2D eigenvalue weighted by Crippen LogP contribution is -2.32. The van der Waals surface area contributed by atoms with E-state index in [9.17, 15) is 9.59 Å². The van der Waals surface area contributed by atoms with Crippen LogP contribution >= 0.6 is 11.3 Å². The fourth-order valence-electron chi connectivity index (χ4n) is 1.31. The zero-order chi connectivity index (χ0) is 14.6. The predicted molar refractivity (Wildman–Crippen MR) is 74.3 cm³/mol. The minimum atomic E-state index is -0.913. The van der Waals surface area contributed by atoms with Gasteiger partial charge in [0.15, 0.2) is 0 Å². The van der Waals surface area contributed by atoms with E-state index in [2.05, 4.69) is 31.1 Å². The third-order valence-electron chi connectivity index (χ3n) is 2.56. The Labute approximate surface area is 117 Å². The largest absolute Gasteiger partial charge is 0.481 e. The highest BCUT2D eigenvalue weighted by molar-refractivity contribution is 7.09. The zero-order valence-corrected chi connectivity index (χ0v) is 12.5. The maximum Gasteiger partial charge on any atom is 0.308 e. The van der Waals surface area contributed by atoms with Crippen molar-refractivity contribution < 1.29 is 14.7 Å². The van der Waals surface area contributed by atoms with Gasteiger partial charge in [-0.3, -0.25) is 9.59 Å². The zero-order valence-electron chi connectivity index (χ0n) is 11.7. The first-order valence-corrected chi connectivity index (χ1v) is 7.02. The highest BCUT2D eigenvalue weighted by Gasteiger charge is 2.19. The van der Waals surface area contributed by atoms with Crippen LogP contribution in [0, 0.1) is 5.92 Å². The fourth-order valence-corrected chi connectivity index (χ4v) is 2.22. The molecule has 0 aliphatic heterocycles. The van der Waals surface area contributed by atoms with Crippen LogP contribution in [0.5, 0.6) is 0 Å². The molecule has 1 aromatic rings. The summed E-state index contributed by atoms with van der Waals surface area (Å²) < 4.78 is 0. The Kier molecular flexibility index (Phi) is 5.05. The standard InChI is InChI=1S/C13H20N2O3S/c1-8(11(17)18)6-14-10(16)5-9-7-19-12(15-9)13(2,3)4/h7-8H,5-6H2,1-4H3,(H,14,16)(H,17,18). The number of hydrogen-bond donors (Lipinski definition) is 2. The molecule has 5 nitrogen and oxygen atoms in total. The molecule has 1 atom stereocenters. The molecule has 1 unspecified atom stereocenters. The van der Waals surface area contributed by atoms with E-state index in [1.54, 1.807) is 18.3 Å². The number of carboxylic acids is 1. The van der Waals surface area contributed by atoms with Crippen LogP contribution in [0.25, 0.3) is 0 Å². The fraction of sp³-hybridized carbons (Fsp3) is 0.615. The Morgan fingerprint density at radius 1 is 1.47 bits per heavy atom. The summed E-state index contributed by atoms with van der Waals surface area (Å²) in [6.45, 7) is 7.92. The minimum Gasteiger partial charge on any atom is -0.481 e. The van der Waals surface area contributed by atoms with Gasteiger partial charge in [-0.15, -0.1) is 11.3 Å². The number of nitrogens with one attached hydrogen (secondary N) is 1. The number of nitrogens with zero attached hydrogens (tertiary/aromatic N) is 1. The summed E-state index contributed by atoms with van der Waals surface area (Å²) >= 11 is 1.54. The molecule has 0 fully saturated rings. The van der Waals surface area contributed by atoms with E-state index >= 15 is 0 Å². The van der Waals surface area contributed by atoms with Crippen LogP contribution < -0.4 is 5.32 Å². The number of amides is 1. The van der Waals surface area contributed by atoms with Crippen molar-refractivity contribution in [2.75, 3.05) is 6.54 Å². The normalized spacial score (nSPS) is 13.1. The van der Waals surface area contributed by atoms with Crippen LogP contribution in [0.3, 0.4) is 0 Å². The summed E-state index contributed by atoms with van der Waals surface area (Å²) in [6.07, 6.45) is 0.193. The van der Waals surface area contributed by atoms with E-state index in [4.69, 9.17) is 5.11 Å². The van der Waals surface area contributed by atoms with Crippen molar-refractivity contribution in [2.45, 2.75) is 39.5 Å². The third-order valence-corrected chi connectivity index (χ3v) is 3.88. The summed E-state index contributed by atoms with van der Waals surface area (Å²) in [6, 6.07) is 0. The van der Waals surface area contributed by atoms with E-state index in [-0.39, 0.29) is 24.3 Å². The van der Waals surface area contributed by atoms with Gasteiger partial charge in [-0.25, -0.2) is 4.98 Å². The molecule has 106 valence electrons. The first kappa shape index (κ1) is 15.6. The SMILES string of the molecule is CC(CNC(=O)Cc1csc(C(C)(C)C)n1)C(=O)O. The molecule has 1 aromatic heterocycles. The van der Waals surface area contributed by atoms with Crippen LogP contribution in [-0.4, -0.2) is 28.5 Å². The van der Waals surface area contributed by atoms with Crippen molar-refractivity contribution in [3.8, 4) is 0 Å². The second kappa shape index (κ2) is 6.14. The van der Waals surface area contributed by atoms with Crippen LogP contribution in [0.4, 0.5) is 0 Å². The molecular formula is C13H20N2O3S. The Morgan fingerprint density at radius 2 is 2.11 bits per heavy atom. The lowest BCUT2D eigenvalue weighted by atomic mass is 9.98. The molecule has 1 heterocycles. The van der Waals surface area contributed by atoms with Gasteiger partial charge in [0.2, 0.25) is 5.91 Å². The lowest BCUT2D eigenvalue weighted by Gasteiger charge is -2.13. The molecular weight excluding hydrogens is 264 g/mol. The van der Waals surface area contributed by atoms with Crippen LogP contribution in [0.1, 0.15) is 38.4 Å². The van der Waals surface area contributed by atoms with Gasteiger partial charge in [-0.05, 0) is 0 Å². The van der Waals surface area contributed by atoms with E-state index in [0.717, 1.165) is 10.7 Å². The average molecular weight is 284 g/mol. The summed E-state index contributed by atoms with van der Waals surface area (Å²) in [4.78, 5) is 26.7. The first-order chi connectivity index (χ1) is 8.70. The summed E-state index contributed by atoms with van der Waals surface area (Å²) in [5, 5.41) is 14.2. The summed E-state index contributed by atoms with van der Waals surface area (Å²) in [5.74, 6) is -1.69.